The number of halogens is 1. The largest absolute Gasteiger partial charge is 0.305 e. The fraction of sp³-hybridized carbons (Fsp3) is 0.0769. The summed E-state index contributed by atoms with van der Waals surface area (Å²) in [7, 11) is 0. The number of hydrogen-bond donors (Lipinski definition) is 1. The van der Waals surface area contributed by atoms with Crippen LogP contribution >= 0.6 is 23.4 Å². The molecule has 92 valence electrons. The first kappa shape index (κ1) is 12.9. The number of carbonyl (C=O) groups excluding carboxylic acids is 1. The molecule has 0 aliphatic rings. The summed E-state index contributed by atoms with van der Waals surface area (Å²) >= 11 is 7.55. The third-order valence-corrected chi connectivity index (χ3v) is 3.39. The van der Waals surface area contributed by atoms with Crippen LogP contribution < -0.4 is 5.32 Å². The molecule has 1 aromatic carbocycles. The van der Waals surface area contributed by atoms with E-state index in [-0.39, 0.29) is 5.91 Å². The maximum atomic E-state index is 11.9. The Bertz CT molecular complexity index is 557. The predicted molar refractivity (Wildman–Crippen MR) is 75.4 cm³/mol. The van der Waals surface area contributed by atoms with Crippen molar-refractivity contribution in [1.82, 2.24) is 4.98 Å². The Balaban J connectivity index is 2.14. The number of hydrogen-bond acceptors (Lipinski definition) is 3. The molecule has 0 spiro atoms. The molecule has 0 fully saturated rings. The zero-order valence-electron chi connectivity index (χ0n) is 9.68. The Morgan fingerprint density at radius 3 is 2.61 bits per heavy atom. The number of nitrogens with zero attached hydrogens (tertiary/aromatic N) is 1. The van der Waals surface area contributed by atoms with Crippen LogP contribution in [0.5, 0.6) is 0 Å². The third-order valence-electron chi connectivity index (χ3n) is 2.34. The molecular formula is C13H11ClN2OS. The second-order valence-corrected chi connectivity index (χ2v) is 4.80. The lowest BCUT2D eigenvalue weighted by Crippen LogP contribution is -2.13. The second-order valence-electron chi connectivity index (χ2n) is 3.52. The van der Waals surface area contributed by atoms with Crippen LogP contribution in [-0.4, -0.2) is 17.1 Å². The zero-order chi connectivity index (χ0) is 13.0. The summed E-state index contributed by atoms with van der Waals surface area (Å²) in [6.07, 6.45) is 3.57. The van der Waals surface area contributed by atoms with Crippen LogP contribution in [0.2, 0.25) is 5.02 Å². The lowest BCUT2D eigenvalue weighted by Gasteiger charge is -2.06. The average Bonchev–Trinajstić information content (AvgIpc) is 2.41. The van der Waals surface area contributed by atoms with Gasteiger partial charge in [0.25, 0.3) is 5.91 Å². The summed E-state index contributed by atoms with van der Waals surface area (Å²) in [5, 5.41) is 3.10. The van der Waals surface area contributed by atoms with Gasteiger partial charge >= 0.3 is 0 Å². The third kappa shape index (κ3) is 3.03. The van der Waals surface area contributed by atoms with Gasteiger partial charge in [0.15, 0.2) is 5.82 Å². The maximum Gasteiger partial charge on any atom is 0.256 e. The summed E-state index contributed by atoms with van der Waals surface area (Å²) in [6.45, 7) is 0. The van der Waals surface area contributed by atoms with Gasteiger partial charge in [-0.25, -0.2) is 4.98 Å². The second kappa shape index (κ2) is 5.89. The minimum atomic E-state index is -0.219. The van der Waals surface area contributed by atoms with E-state index in [4.69, 9.17) is 11.6 Å². The molecule has 0 saturated heterocycles. The number of rotatable bonds is 3. The number of nitrogens with one attached hydrogen (secondary N) is 1. The van der Waals surface area contributed by atoms with Gasteiger partial charge in [0.05, 0.1) is 5.02 Å². The van der Waals surface area contributed by atoms with Gasteiger partial charge in [0.1, 0.15) is 0 Å². The predicted octanol–water partition coefficient (Wildman–Crippen LogP) is 3.71. The molecule has 2 aromatic rings. The summed E-state index contributed by atoms with van der Waals surface area (Å²) in [5.74, 6) is 0.154. The molecular weight excluding hydrogens is 268 g/mol. The lowest BCUT2D eigenvalue weighted by molar-refractivity contribution is 0.102. The van der Waals surface area contributed by atoms with Crippen LogP contribution in [0.1, 0.15) is 10.4 Å². The molecule has 0 radical (unpaired) electrons. The van der Waals surface area contributed by atoms with E-state index in [9.17, 15) is 4.79 Å². The number of benzene rings is 1. The van der Waals surface area contributed by atoms with Crippen LogP contribution in [0.3, 0.4) is 0 Å². The lowest BCUT2D eigenvalue weighted by atomic mass is 10.2. The summed E-state index contributed by atoms with van der Waals surface area (Å²) in [4.78, 5) is 17.1. The van der Waals surface area contributed by atoms with Crippen LogP contribution in [0.25, 0.3) is 0 Å². The van der Waals surface area contributed by atoms with Crippen molar-refractivity contribution in [2.75, 3.05) is 11.6 Å². The maximum absolute atomic E-state index is 11.9. The summed E-state index contributed by atoms with van der Waals surface area (Å²) < 4.78 is 0. The number of amides is 1. The Morgan fingerprint density at radius 1 is 1.28 bits per heavy atom. The van der Waals surface area contributed by atoms with Crippen molar-refractivity contribution >= 4 is 35.1 Å². The molecule has 1 amide bonds. The Kier molecular flexibility index (Phi) is 4.23. The van der Waals surface area contributed by atoms with Crippen LogP contribution in [-0.2, 0) is 0 Å². The van der Waals surface area contributed by atoms with Gasteiger partial charge in [-0.05, 0) is 42.7 Å². The Morgan fingerprint density at radius 2 is 2.00 bits per heavy atom. The van der Waals surface area contributed by atoms with E-state index in [1.54, 1.807) is 42.2 Å². The Hall–Kier alpha value is -1.52. The van der Waals surface area contributed by atoms with Gasteiger partial charge < -0.3 is 5.32 Å². The van der Waals surface area contributed by atoms with Gasteiger partial charge in [-0.3, -0.25) is 4.79 Å². The first-order valence-corrected chi connectivity index (χ1v) is 6.87. The van der Waals surface area contributed by atoms with Gasteiger partial charge in [-0.15, -0.1) is 11.8 Å². The van der Waals surface area contributed by atoms with Crippen molar-refractivity contribution in [3.63, 3.8) is 0 Å². The molecule has 3 nitrogen and oxygen atoms in total. The summed E-state index contributed by atoms with van der Waals surface area (Å²) in [5.41, 5.74) is 0.578. The highest BCUT2D eigenvalue weighted by Crippen LogP contribution is 2.19. The molecule has 0 aliphatic carbocycles. The van der Waals surface area contributed by atoms with Crippen molar-refractivity contribution in [2.24, 2.45) is 0 Å². The number of thioether (sulfide) groups is 1. The van der Waals surface area contributed by atoms with Crippen LogP contribution in [0.4, 0.5) is 5.82 Å². The molecule has 1 aromatic heterocycles. The molecule has 1 N–H and O–H groups in total. The first-order valence-electron chi connectivity index (χ1n) is 5.26. The normalized spacial score (nSPS) is 10.1. The summed E-state index contributed by atoms with van der Waals surface area (Å²) in [6, 6.07) is 10.8. The molecule has 0 atom stereocenters. The van der Waals surface area contributed by atoms with Crippen molar-refractivity contribution in [3.05, 3.63) is 53.2 Å². The Labute approximate surface area is 115 Å². The molecule has 0 saturated carbocycles. The topological polar surface area (TPSA) is 42.0 Å². The smallest absolute Gasteiger partial charge is 0.256 e. The number of anilines is 1. The highest BCUT2D eigenvalue weighted by atomic mass is 35.5. The zero-order valence-corrected chi connectivity index (χ0v) is 11.3. The highest BCUT2D eigenvalue weighted by Gasteiger charge is 2.08. The van der Waals surface area contributed by atoms with E-state index in [2.05, 4.69) is 10.3 Å². The molecule has 0 bridgehead atoms. The number of aromatic nitrogens is 1. The van der Waals surface area contributed by atoms with E-state index < -0.39 is 0 Å². The van der Waals surface area contributed by atoms with E-state index in [0.717, 1.165) is 4.90 Å². The highest BCUT2D eigenvalue weighted by molar-refractivity contribution is 7.98. The van der Waals surface area contributed by atoms with Crippen molar-refractivity contribution < 1.29 is 4.79 Å². The van der Waals surface area contributed by atoms with E-state index in [1.807, 2.05) is 18.4 Å². The standard InChI is InChI=1S/C13H11ClN2OS/c1-18-10-6-4-9(5-7-10)13(17)16-12-11(14)3-2-8-15-12/h2-8H,1H3,(H,15,16,17). The van der Waals surface area contributed by atoms with Gasteiger partial charge in [-0.2, -0.15) is 0 Å². The number of carbonyl (C=O) groups is 1. The van der Waals surface area contributed by atoms with Gasteiger partial charge in [0, 0.05) is 16.7 Å². The molecule has 0 unspecified atom stereocenters. The fourth-order valence-corrected chi connectivity index (χ4v) is 1.98. The monoisotopic (exact) mass is 278 g/mol. The quantitative estimate of drug-likeness (QED) is 0.870. The van der Waals surface area contributed by atoms with Crippen LogP contribution in [0, 0.1) is 0 Å². The molecule has 18 heavy (non-hydrogen) atoms. The number of pyridine rings is 1. The molecule has 0 aliphatic heterocycles. The van der Waals surface area contributed by atoms with E-state index >= 15 is 0 Å². The molecule has 1 heterocycles. The minimum absolute atomic E-state index is 0.219. The van der Waals surface area contributed by atoms with Crippen molar-refractivity contribution in [3.8, 4) is 0 Å². The van der Waals surface area contributed by atoms with Gasteiger partial charge in [0.2, 0.25) is 0 Å². The van der Waals surface area contributed by atoms with Gasteiger partial charge in [-0.1, -0.05) is 11.6 Å². The SMILES string of the molecule is CSc1ccc(C(=O)Nc2ncccc2Cl)cc1. The van der Waals surface area contributed by atoms with Crippen LogP contribution in [0.15, 0.2) is 47.5 Å². The van der Waals surface area contributed by atoms with Crippen molar-refractivity contribution in [1.29, 1.82) is 0 Å². The van der Waals surface area contributed by atoms with E-state index in [1.165, 1.54) is 0 Å². The van der Waals surface area contributed by atoms with Crippen molar-refractivity contribution in [2.45, 2.75) is 4.90 Å². The average molecular weight is 279 g/mol. The first-order chi connectivity index (χ1) is 8.70. The fourth-order valence-electron chi connectivity index (χ4n) is 1.40. The molecule has 2 rings (SSSR count). The minimum Gasteiger partial charge on any atom is -0.305 e. The molecule has 5 heteroatoms. The van der Waals surface area contributed by atoms with E-state index in [0.29, 0.717) is 16.4 Å².